The first-order valence-electron chi connectivity index (χ1n) is 5.27. The summed E-state index contributed by atoms with van der Waals surface area (Å²) in [6.07, 6.45) is 4.12. The summed E-state index contributed by atoms with van der Waals surface area (Å²) in [5.41, 5.74) is 0.443. The van der Waals surface area contributed by atoms with Gasteiger partial charge >= 0.3 is 0 Å². The maximum atomic E-state index is 3.66. The summed E-state index contributed by atoms with van der Waals surface area (Å²) in [6.45, 7) is 10.5. The highest BCUT2D eigenvalue weighted by Crippen LogP contribution is 2.28. The molecular formula is C11H23N. The normalized spacial score (nSPS) is 32.0. The topological polar surface area (TPSA) is 12.0 Å². The molecule has 1 rings (SSSR count). The number of rotatable bonds is 1. The highest BCUT2D eigenvalue weighted by atomic mass is 14.9. The molecule has 0 aromatic carbocycles. The van der Waals surface area contributed by atoms with Gasteiger partial charge in [0, 0.05) is 6.04 Å². The fraction of sp³-hybridized carbons (Fsp3) is 1.00. The standard InChI is InChI=1S/C11H23N/c1-5-9-6-7-10(12-8-9)11(2,3)4/h9-10,12H,5-8H2,1-4H3. The van der Waals surface area contributed by atoms with Crippen LogP contribution in [0, 0.1) is 11.3 Å². The zero-order valence-corrected chi connectivity index (χ0v) is 8.98. The van der Waals surface area contributed by atoms with Crippen LogP contribution < -0.4 is 5.32 Å². The smallest absolute Gasteiger partial charge is 0.0116 e. The first kappa shape index (κ1) is 10.0. The van der Waals surface area contributed by atoms with Gasteiger partial charge in [-0.3, -0.25) is 0 Å². The Morgan fingerprint density at radius 3 is 2.25 bits per heavy atom. The van der Waals surface area contributed by atoms with Gasteiger partial charge in [0.05, 0.1) is 0 Å². The Bertz CT molecular complexity index is 126. The average molecular weight is 169 g/mol. The van der Waals surface area contributed by atoms with Crippen molar-refractivity contribution < 1.29 is 0 Å². The maximum absolute atomic E-state index is 3.66. The van der Waals surface area contributed by atoms with Gasteiger partial charge in [0.15, 0.2) is 0 Å². The van der Waals surface area contributed by atoms with E-state index in [1.165, 1.54) is 25.8 Å². The van der Waals surface area contributed by atoms with Crippen molar-refractivity contribution in [3.8, 4) is 0 Å². The van der Waals surface area contributed by atoms with E-state index in [0.717, 1.165) is 12.0 Å². The largest absolute Gasteiger partial charge is 0.313 e. The quantitative estimate of drug-likeness (QED) is 0.636. The Morgan fingerprint density at radius 2 is 1.92 bits per heavy atom. The van der Waals surface area contributed by atoms with Crippen molar-refractivity contribution in [1.29, 1.82) is 0 Å². The van der Waals surface area contributed by atoms with Crippen LogP contribution in [0.15, 0.2) is 0 Å². The van der Waals surface area contributed by atoms with E-state index in [4.69, 9.17) is 0 Å². The summed E-state index contributed by atoms with van der Waals surface area (Å²) in [5, 5.41) is 3.66. The van der Waals surface area contributed by atoms with Gasteiger partial charge in [0.2, 0.25) is 0 Å². The highest BCUT2D eigenvalue weighted by molar-refractivity contribution is 4.85. The van der Waals surface area contributed by atoms with E-state index >= 15 is 0 Å². The summed E-state index contributed by atoms with van der Waals surface area (Å²) in [5.74, 6) is 0.934. The number of piperidine rings is 1. The Morgan fingerprint density at radius 1 is 1.25 bits per heavy atom. The fourth-order valence-corrected chi connectivity index (χ4v) is 2.00. The molecule has 1 nitrogen and oxygen atoms in total. The van der Waals surface area contributed by atoms with Gasteiger partial charge in [0.25, 0.3) is 0 Å². The number of hydrogen-bond donors (Lipinski definition) is 1. The van der Waals surface area contributed by atoms with Crippen LogP contribution in [-0.2, 0) is 0 Å². The first-order chi connectivity index (χ1) is 5.54. The van der Waals surface area contributed by atoms with E-state index in [2.05, 4.69) is 33.0 Å². The third-order valence-electron chi connectivity index (χ3n) is 3.14. The highest BCUT2D eigenvalue weighted by Gasteiger charge is 2.28. The molecule has 12 heavy (non-hydrogen) atoms. The van der Waals surface area contributed by atoms with Gasteiger partial charge < -0.3 is 5.32 Å². The Balaban J connectivity index is 2.36. The van der Waals surface area contributed by atoms with Gasteiger partial charge in [-0.25, -0.2) is 0 Å². The predicted octanol–water partition coefficient (Wildman–Crippen LogP) is 2.81. The molecular weight excluding hydrogens is 146 g/mol. The average Bonchev–Trinajstić information content (AvgIpc) is 2.03. The van der Waals surface area contributed by atoms with Gasteiger partial charge in [-0.15, -0.1) is 0 Å². The molecule has 0 aromatic rings. The molecule has 1 N–H and O–H groups in total. The van der Waals surface area contributed by atoms with E-state index < -0.39 is 0 Å². The molecule has 2 unspecified atom stereocenters. The summed E-state index contributed by atoms with van der Waals surface area (Å²) in [6, 6.07) is 0.736. The second-order valence-electron chi connectivity index (χ2n) is 5.18. The first-order valence-corrected chi connectivity index (χ1v) is 5.27. The third-order valence-corrected chi connectivity index (χ3v) is 3.14. The SMILES string of the molecule is CCC1CCC(C(C)(C)C)NC1. The molecule has 0 aromatic heterocycles. The fourth-order valence-electron chi connectivity index (χ4n) is 2.00. The Kier molecular flexibility index (Phi) is 3.16. The van der Waals surface area contributed by atoms with Gasteiger partial charge in [0.1, 0.15) is 0 Å². The zero-order chi connectivity index (χ0) is 9.19. The minimum atomic E-state index is 0.443. The summed E-state index contributed by atoms with van der Waals surface area (Å²) >= 11 is 0. The van der Waals surface area contributed by atoms with Crippen LogP contribution in [0.5, 0.6) is 0 Å². The van der Waals surface area contributed by atoms with Crippen LogP contribution in [0.4, 0.5) is 0 Å². The summed E-state index contributed by atoms with van der Waals surface area (Å²) in [7, 11) is 0. The van der Waals surface area contributed by atoms with Crippen LogP contribution in [0.2, 0.25) is 0 Å². The van der Waals surface area contributed by atoms with E-state index in [-0.39, 0.29) is 0 Å². The van der Waals surface area contributed by atoms with Crippen molar-refractivity contribution in [2.75, 3.05) is 6.54 Å². The number of nitrogens with one attached hydrogen (secondary N) is 1. The lowest BCUT2D eigenvalue weighted by Crippen LogP contribution is -2.46. The molecule has 1 fully saturated rings. The molecule has 0 spiro atoms. The van der Waals surface area contributed by atoms with Crippen molar-refractivity contribution in [2.24, 2.45) is 11.3 Å². The lowest BCUT2D eigenvalue weighted by atomic mass is 9.79. The lowest BCUT2D eigenvalue weighted by Gasteiger charge is -2.37. The second kappa shape index (κ2) is 3.78. The summed E-state index contributed by atoms with van der Waals surface area (Å²) in [4.78, 5) is 0. The van der Waals surface area contributed by atoms with Crippen LogP contribution in [0.1, 0.15) is 47.0 Å². The number of hydrogen-bond acceptors (Lipinski definition) is 1. The van der Waals surface area contributed by atoms with Crippen molar-refractivity contribution in [3.63, 3.8) is 0 Å². The maximum Gasteiger partial charge on any atom is 0.0116 e. The van der Waals surface area contributed by atoms with E-state index in [1.54, 1.807) is 0 Å². The lowest BCUT2D eigenvalue weighted by molar-refractivity contribution is 0.191. The predicted molar refractivity (Wildman–Crippen MR) is 54.3 cm³/mol. The van der Waals surface area contributed by atoms with Crippen LogP contribution in [0.3, 0.4) is 0 Å². The molecule has 1 aliphatic heterocycles. The van der Waals surface area contributed by atoms with E-state index in [9.17, 15) is 0 Å². The van der Waals surface area contributed by atoms with Crippen molar-refractivity contribution in [3.05, 3.63) is 0 Å². The Hall–Kier alpha value is -0.0400. The van der Waals surface area contributed by atoms with Crippen molar-refractivity contribution in [2.45, 2.75) is 53.0 Å². The molecule has 0 saturated carbocycles. The van der Waals surface area contributed by atoms with Gasteiger partial charge in [-0.2, -0.15) is 0 Å². The van der Waals surface area contributed by atoms with Crippen molar-refractivity contribution >= 4 is 0 Å². The minimum Gasteiger partial charge on any atom is -0.313 e. The third kappa shape index (κ3) is 2.48. The van der Waals surface area contributed by atoms with Crippen LogP contribution in [-0.4, -0.2) is 12.6 Å². The molecule has 0 bridgehead atoms. The van der Waals surface area contributed by atoms with Crippen LogP contribution >= 0.6 is 0 Å². The molecule has 1 saturated heterocycles. The van der Waals surface area contributed by atoms with Crippen LogP contribution in [0.25, 0.3) is 0 Å². The van der Waals surface area contributed by atoms with E-state index in [0.29, 0.717) is 5.41 Å². The van der Waals surface area contributed by atoms with E-state index in [1.807, 2.05) is 0 Å². The Labute approximate surface area is 76.9 Å². The second-order valence-corrected chi connectivity index (χ2v) is 5.18. The monoisotopic (exact) mass is 169 g/mol. The molecule has 1 heterocycles. The summed E-state index contributed by atoms with van der Waals surface area (Å²) < 4.78 is 0. The van der Waals surface area contributed by atoms with Crippen molar-refractivity contribution in [1.82, 2.24) is 5.32 Å². The molecule has 0 radical (unpaired) electrons. The molecule has 2 atom stereocenters. The molecule has 1 heteroatoms. The van der Waals surface area contributed by atoms with Gasteiger partial charge in [-0.05, 0) is 30.7 Å². The molecule has 1 aliphatic rings. The molecule has 0 amide bonds. The minimum absolute atomic E-state index is 0.443. The zero-order valence-electron chi connectivity index (χ0n) is 8.98. The molecule has 0 aliphatic carbocycles. The van der Waals surface area contributed by atoms with Gasteiger partial charge in [-0.1, -0.05) is 34.1 Å². The molecule has 72 valence electrons.